The summed E-state index contributed by atoms with van der Waals surface area (Å²) in [6.45, 7) is 6.81. The summed E-state index contributed by atoms with van der Waals surface area (Å²) in [6, 6.07) is 21.8. The lowest BCUT2D eigenvalue weighted by atomic mass is 9.96. The van der Waals surface area contributed by atoms with E-state index in [0.717, 1.165) is 55.4 Å². The molecule has 0 unspecified atom stereocenters. The highest BCUT2D eigenvalue weighted by Crippen LogP contribution is 2.23. The molecule has 0 radical (unpaired) electrons. The van der Waals surface area contributed by atoms with Crippen LogP contribution in [0.15, 0.2) is 66.9 Å². The largest absolute Gasteiger partial charge is 0.489 e. The molecule has 4 rings (SSSR count). The van der Waals surface area contributed by atoms with Crippen molar-refractivity contribution in [2.24, 2.45) is 0 Å². The summed E-state index contributed by atoms with van der Waals surface area (Å²) in [6.07, 6.45) is 1.61. The Morgan fingerprint density at radius 3 is 2.32 bits per heavy atom. The lowest BCUT2D eigenvalue weighted by molar-refractivity contribution is -0.137. The highest BCUT2D eigenvalue weighted by atomic mass is 16.5. The van der Waals surface area contributed by atoms with Crippen LogP contribution in [0.4, 0.5) is 5.82 Å². The van der Waals surface area contributed by atoms with E-state index < -0.39 is 5.97 Å². The number of nitriles is 1. The van der Waals surface area contributed by atoms with Gasteiger partial charge in [-0.05, 0) is 47.9 Å². The molecule has 0 amide bonds. The van der Waals surface area contributed by atoms with Crippen LogP contribution in [0.1, 0.15) is 41.5 Å². The number of aliphatic carboxylic acids is 1. The first kappa shape index (κ1) is 25.8. The first-order valence-electron chi connectivity index (χ1n) is 12.3. The van der Waals surface area contributed by atoms with Gasteiger partial charge in [-0.3, -0.25) is 9.69 Å². The first-order chi connectivity index (χ1) is 18.0. The quantitative estimate of drug-likeness (QED) is 0.440. The summed E-state index contributed by atoms with van der Waals surface area (Å²) in [5.41, 5.74) is 3.81. The number of nitrogens with zero attached hydrogens (tertiary/aromatic N) is 4. The van der Waals surface area contributed by atoms with Gasteiger partial charge in [0.25, 0.3) is 0 Å². The third-order valence-electron chi connectivity index (χ3n) is 6.39. The molecule has 7 heteroatoms. The van der Waals surface area contributed by atoms with Gasteiger partial charge in [0.1, 0.15) is 24.2 Å². The molecular formula is C30H30N4O3. The van der Waals surface area contributed by atoms with Crippen molar-refractivity contribution >= 4 is 11.8 Å². The average Bonchev–Trinajstić information content (AvgIpc) is 2.93. The normalized spacial score (nSPS) is 14.2. The Kier molecular flexibility index (Phi) is 8.75. The minimum absolute atomic E-state index is 0.0165. The van der Waals surface area contributed by atoms with Gasteiger partial charge in [0, 0.05) is 38.9 Å². The van der Waals surface area contributed by atoms with E-state index in [9.17, 15) is 4.79 Å². The number of piperazine rings is 1. The molecule has 1 aliphatic heterocycles. The van der Waals surface area contributed by atoms with Crippen molar-refractivity contribution in [2.75, 3.05) is 31.1 Å². The zero-order chi connectivity index (χ0) is 26.0. The fraction of sp³-hybridized carbons (Fsp3) is 0.300. The second-order valence-electron chi connectivity index (χ2n) is 9.00. The molecule has 2 aromatic carbocycles. The van der Waals surface area contributed by atoms with Crippen molar-refractivity contribution in [3.05, 3.63) is 89.1 Å². The van der Waals surface area contributed by atoms with E-state index in [4.69, 9.17) is 15.1 Å². The monoisotopic (exact) mass is 494 g/mol. The Morgan fingerprint density at radius 1 is 1.03 bits per heavy atom. The van der Waals surface area contributed by atoms with E-state index >= 15 is 0 Å². The van der Waals surface area contributed by atoms with Gasteiger partial charge >= 0.3 is 5.97 Å². The Labute approximate surface area is 217 Å². The predicted octanol–water partition coefficient (Wildman–Crippen LogP) is 4.44. The van der Waals surface area contributed by atoms with Crippen LogP contribution >= 0.6 is 0 Å². The molecule has 1 atom stereocenters. The van der Waals surface area contributed by atoms with Gasteiger partial charge in [0.05, 0.1) is 17.9 Å². The van der Waals surface area contributed by atoms with Crippen molar-refractivity contribution < 1.29 is 14.6 Å². The second kappa shape index (κ2) is 12.6. The van der Waals surface area contributed by atoms with Crippen LogP contribution in [0.3, 0.4) is 0 Å². The average molecular weight is 495 g/mol. The zero-order valence-electron chi connectivity index (χ0n) is 20.9. The number of aromatic nitrogens is 1. The van der Waals surface area contributed by atoms with Crippen LogP contribution in [-0.2, 0) is 17.9 Å². The van der Waals surface area contributed by atoms with Gasteiger partial charge in [0.15, 0.2) is 0 Å². The second-order valence-corrected chi connectivity index (χ2v) is 9.00. The number of ether oxygens (including phenoxy) is 1. The van der Waals surface area contributed by atoms with Crippen LogP contribution in [-0.4, -0.2) is 47.1 Å². The van der Waals surface area contributed by atoms with Crippen molar-refractivity contribution in [1.29, 1.82) is 5.26 Å². The molecule has 0 bridgehead atoms. The Hall–Kier alpha value is -4.33. The van der Waals surface area contributed by atoms with Crippen LogP contribution < -0.4 is 9.64 Å². The lowest BCUT2D eigenvalue weighted by Gasteiger charge is -2.35. The van der Waals surface area contributed by atoms with Gasteiger partial charge in [-0.2, -0.15) is 5.26 Å². The third-order valence-corrected chi connectivity index (χ3v) is 6.39. The zero-order valence-corrected chi connectivity index (χ0v) is 20.9. The third kappa shape index (κ3) is 7.33. The number of carbonyl (C=O) groups is 1. The molecule has 1 aliphatic rings. The summed E-state index contributed by atoms with van der Waals surface area (Å²) in [5, 5.41) is 18.0. The molecule has 1 aromatic heterocycles. The maximum atomic E-state index is 11.1. The summed E-state index contributed by atoms with van der Waals surface area (Å²) < 4.78 is 5.93. The van der Waals surface area contributed by atoms with E-state index in [-0.39, 0.29) is 12.3 Å². The van der Waals surface area contributed by atoms with Crippen molar-refractivity contribution in [1.82, 2.24) is 9.88 Å². The number of rotatable bonds is 9. The highest BCUT2D eigenvalue weighted by Gasteiger charge is 2.18. The Morgan fingerprint density at radius 2 is 1.73 bits per heavy atom. The molecule has 0 saturated carbocycles. The molecule has 37 heavy (non-hydrogen) atoms. The van der Waals surface area contributed by atoms with E-state index in [0.29, 0.717) is 12.2 Å². The molecular weight excluding hydrogens is 464 g/mol. The molecule has 1 fully saturated rings. The minimum Gasteiger partial charge on any atom is -0.489 e. The maximum Gasteiger partial charge on any atom is 0.304 e. The first-order valence-corrected chi connectivity index (χ1v) is 12.3. The molecule has 1 saturated heterocycles. The number of hydrogen-bond donors (Lipinski definition) is 1. The number of pyridine rings is 1. The van der Waals surface area contributed by atoms with E-state index in [1.807, 2.05) is 36.4 Å². The summed E-state index contributed by atoms with van der Waals surface area (Å²) in [4.78, 5) is 20.2. The molecule has 0 aliphatic carbocycles. The number of hydrogen-bond acceptors (Lipinski definition) is 6. The number of benzene rings is 2. The van der Waals surface area contributed by atoms with Gasteiger partial charge in [-0.25, -0.2) is 4.98 Å². The van der Waals surface area contributed by atoms with Crippen LogP contribution in [0, 0.1) is 23.2 Å². The highest BCUT2D eigenvalue weighted by molar-refractivity contribution is 5.69. The smallest absolute Gasteiger partial charge is 0.304 e. The fourth-order valence-corrected chi connectivity index (χ4v) is 4.34. The predicted molar refractivity (Wildman–Crippen MR) is 142 cm³/mol. The van der Waals surface area contributed by atoms with Crippen molar-refractivity contribution in [3.63, 3.8) is 0 Å². The van der Waals surface area contributed by atoms with Crippen LogP contribution in [0.5, 0.6) is 5.75 Å². The summed E-state index contributed by atoms with van der Waals surface area (Å²) in [5.74, 6) is 6.26. The van der Waals surface area contributed by atoms with E-state index in [2.05, 4.69) is 57.0 Å². The van der Waals surface area contributed by atoms with Gasteiger partial charge < -0.3 is 14.7 Å². The summed E-state index contributed by atoms with van der Waals surface area (Å²) in [7, 11) is 0. The van der Waals surface area contributed by atoms with Gasteiger partial charge in [-0.1, -0.05) is 42.3 Å². The molecule has 1 N–H and O–H groups in total. The Balaban J connectivity index is 1.24. The van der Waals surface area contributed by atoms with E-state index in [1.54, 1.807) is 13.1 Å². The fourth-order valence-electron chi connectivity index (χ4n) is 4.34. The van der Waals surface area contributed by atoms with Crippen molar-refractivity contribution in [2.45, 2.75) is 32.4 Å². The van der Waals surface area contributed by atoms with E-state index in [1.165, 1.54) is 5.56 Å². The molecule has 3 aromatic rings. The van der Waals surface area contributed by atoms with Crippen molar-refractivity contribution in [3.8, 4) is 23.7 Å². The standard InChI is InChI=1S/C30H30N4O3/c1-2-3-27(18-30(35)36)26-9-11-28(12-10-26)37-22-24-6-4-23(5-7-24)21-33-14-16-34(17-15-33)29-13-8-25(19-31)20-32-29/h4-13,20,27H,14-18,21-22H2,1H3,(H,35,36)/t27-/m0/s1. The number of carboxylic acid groups (broad SMARTS) is 1. The Bertz CT molecular complexity index is 1280. The molecule has 0 spiro atoms. The van der Waals surface area contributed by atoms with Crippen LogP contribution in [0.25, 0.3) is 0 Å². The molecule has 188 valence electrons. The van der Waals surface area contributed by atoms with Crippen LogP contribution in [0.2, 0.25) is 0 Å². The topological polar surface area (TPSA) is 89.7 Å². The van der Waals surface area contributed by atoms with Gasteiger partial charge in [-0.15, -0.1) is 5.92 Å². The van der Waals surface area contributed by atoms with Gasteiger partial charge in [0.2, 0.25) is 0 Å². The molecule has 2 heterocycles. The lowest BCUT2D eigenvalue weighted by Crippen LogP contribution is -2.46. The molecule has 7 nitrogen and oxygen atoms in total. The summed E-state index contributed by atoms with van der Waals surface area (Å²) >= 11 is 0. The minimum atomic E-state index is -0.862. The maximum absolute atomic E-state index is 11.1. The number of anilines is 1. The number of carboxylic acids is 1. The SMILES string of the molecule is CC#C[C@@H](CC(=O)O)c1ccc(OCc2ccc(CN3CCN(c4ccc(C#N)cn4)CC3)cc2)cc1.